The number of benzene rings is 5. The molecule has 8 rings (SSSR count). The number of aromatic nitrogens is 1. The van der Waals surface area contributed by atoms with Gasteiger partial charge in [-0.3, -0.25) is 0 Å². The maximum Gasteiger partial charge on any atom is 0.0547 e. The van der Waals surface area contributed by atoms with E-state index in [4.69, 9.17) is 0 Å². The maximum atomic E-state index is 4.21. The standard InChI is InChI=1S/C48H44N2/c1-7-15-32(9-3)42-31-49(45(10-4)38(42)16-8-2)35-25-21-33(22-26-35)34-23-27-36(28-24-34)50-46-20-14-12-18-39(46)41-29-44-40(30-47(41)50)37-17-11-13-19-43(37)48(44,5)6/h7-30,42H,4,31H2,1-3,5-6H3/b15-7-,16-8-,32-9+. The summed E-state index contributed by atoms with van der Waals surface area (Å²) in [6, 6.07) is 40.7. The Morgan fingerprint density at radius 1 is 0.700 bits per heavy atom. The number of fused-ring (bicyclic) bond motifs is 6. The molecule has 1 aliphatic carbocycles. The molecular formula is C48H44N2. The molecule has 1 aromatic heterocycles. The van der Waals surface area contributed by atoms with Crippen molar-refractivity contribution in [1.82, 2.24) is 4.57 Å². The van der Waals surface area contributed by atoms with E-state index in [9.17, 15) is 0 Å². The van der Waals surface area contributed by atoms with E-state index in [1.165, 1.54) is 83.4 Å². The summed E-state index contributed by atoms with van der Waals surface area (Å²) in [5.74, 6) is 0.302. The average molecular weight is 649 g/mol. The minimum Gasteiger partial charge on any atom is -0.340 e. The molecule has 0 bridgehead atoms. The first-order chi connectivity index (χ1) is 24.4. The highest BCUT2D eigenvalue weighted by Crippen LogP contribution is 2.51. The number of hydrogen-bond acceptors (Lipinski definition) is 1. The van der Waals surface area contributed by atoms with Crippen molar-refractivity contribution in [2.24, 2.45) is 5.92 Å². The van der Waals surface area contributed by atoms with Gasteiger partial charge in [0.05, 0.1) is 11.0 Å². The Bertz CT molecular complexity index is 2410. The molecule has 50 heavy (non-hydrogen) atoms. The van der Waals surface area contributed by atoms with Crippen molar-refractivity contribution in [1.29, 1.82) is 0 Å². The predicted molar refractivity (Wildman–Crippen MR) is 215 cm³/mol. The average Bonchev–Trinajstić information content (AvgIpc) is 3.75. The largest absolute Gasteiger partial charge is 0.340 e. The molecule has 2 heterocycles. The number of anilines is 1. The second-order valence-electron chi connectivity index (χ2n) is 14.0. The van der Waals surface area contributed by atoms with Crippen molar-refractivity contribution in [3.63, 3.8) is 0 Å². The molecule has 6 aromatic rings. The smallest absolute Gasteiger partial charge is 0.0547 e. The van der Waals surface area contributed by atoms with Gasteiger partial charge in [0.25, 0.3) is 0 Å². The lowest BCUT2D eigenvalue weighted by Gasteiger charge is -2.22. The molecule has 1 aliphatic heterocycles. The summed E-state index contributed by atoms with van der Waals surface area (Å²) in [6.45, 7) is 16.1. The van der Waals surface area contributed by atoms with Crippen molar-refractivity contribution < 1.29 is 0 Å². The van der Waals surface area contributed by atoms with Gasteiger partial charge < -0.3 is 9.47 Å². The zero-order valence-corrected chi connectivity index (χ0v) is 29.7. The fourth-order valence-electron chi connectivity index (χ4n) is 8.54. The Balaban J connectivity index is 1.15. The molecule has 0 radical (unpaired) electrons. The van der Waals surface area contributed by atoms with Crippen molar-refractivity contribution in [2.75, 3.05) is 11.4 Å². The van der Waals surface area contributed by atoms with Crippen LogP contribution in [-0.2, 0) is 5.41 Å². The zero-order valence-electron chi connectivity index (χ0n) is 29.7. The van der Waals surface area contributed by atoms with E-state index < -0.39 is 0 Å². The van der Waals surface area contributed by atoms with Gasteiger partial charge >= 0.3 is 0 Å². The summed E-state index contributed by atoms with van der Waals surface area (Å²) in [7, 11) is 0. The van der Waals surface area contributed by atoms with Gasteiger partial charge in [-0.05, 0) is 114 Å². The van der Waals surface area contributed by atoms with Gasteiger partial charge in [0, 0.05) is 45.7 Å². The lowest BCUT2D eigenvalue weighted by molar-refractivity contribution is 0.661. The normalized spacial score (nSPS) is 17.1. The minimum absolute atomic E-state index is 0.0305. The van der Waals surface area contributed by atoms with Gasteiger partial charge in [-0.25, -0.2) is 0 Å². The molecule has 2 heteroatoms. The molecule has 0 N–H and O–H groups in total. The SMILES string of the molecule is C=CC1=C(/C=C\C)C(C(/C=C\C)=C/C)CN1c1ccc(-c2ccc(-n3c4ccccc4c4cc5c(cc43)-c3ccccc3C5(C)C)cc2)cc1. The first-order valence-electron chi connectivity index (χ1n) is 17.8. The third-order valence-electron chi connectivity index (χ3n) is 11.0. The van der Waals surface area contributed by atoms with E-state index in [0.717, 1.165) is 6.54 Å². The van der Waals surface area contributed by atoms with Crippen molar-refractivity contribution in [3.05, 3.63) is 180 Å². The van der Waals surface area contributed by atoms with Gasteiger partial charge in [0.1, 0.15) is 0 Å². The Morgan fingerprint density at radius 2 is 1.38 bits per heavy atom. The monoisotopic (exact) mass is 648 g/mol. The number of nitrogens with zero attached hydrogens (tertiary/aromatic N) is 2. The van der Waals surface area contributed by atoms with Crippen molar-refractivity contribution in [2.45, 2.75) is 40.0 Å². The van der Waals surface area contributed by atoms with Crippen LogP contribution >= 0.6 is 0 Å². The van der Waals surface area contributed by atoms with Crippen molar-refractivity contribution in [3.8, 4) is 27.9 Å². The lowest BCUT2D eigenvalue weighted by Crippen LogP contribution is -2.21. The van der Waals surface area contributed by atoms with Crippen LogP contribution in [0.25, 0.3) is 49.7 Å². The highest BCUT2D eigenvalue weighted by molar-refractivity contribution is 6.11. The fourth-order valence-corrected chi connectivity index (χ4v) is 8.54. The summed E-state index contributed by atoms with van der Waals surface area (Å²) < 4.78 is 2.44. The molecule has 0 saturated heterocycles. The van der Waals surface area contributed by atoms with Crippen LogP contribution in [0.1, 0.15) is 45.7 Å². The second kappa shape index (κ2) is 12.4. The van der Waals surface area contributed by atoms with Crippen LogP contribution < -0.4 is 4.90 Å². The summed E-state index contributed by atoms with van der Waals surface area (Å²) in [5.41, 5.74) is 16.6. The van der Waals surface area contributed by atoms with E-state index in [1.807, 2.05) is 6.08 Å². The molecule has 0 amide bonds. The summed E-state index contributed by atoms with van der Waals surface area (Å²) in [5, 5.41) is 2.60. The van der Waals surface area contributed by atoms with E-state index in [-0.39, 0.29) is 5.41 Å². The van der Waals surface area contributed by atoms with Crippen LogP contribution in [0.5, 0.6) is 0 Å². The molecule has 0 saturated carbocycles. The Labute approximate surface area is 296 Å². The highest BCUT2D eigenvalue weighted by Gasteiger charge is 2.36. The molecule has 246 valence electrons. The number of rotatable bonds is 7. The first kappa shape index (κ1) is 31.7. The number of allylic oxidation sites excluding steroid dienone is 6. The number of hydrogen-bond donors (Lipinski definition) is 0. The summed E-state index contributed by atoms with van der Waals surface area (Å²) >= 11 is 0. The van der Waals surface area contributed by atoms with E-state index in [0.29, 0.717) is 5.92 Å². The maximum absolute atomic E-state index is 4.21. The van der Waals surface area contributed by atoms with Gasteiger partial charge in [-0.15, -0.1) is 0 Å². The molecule has 5 aromatic carbocycles. The molecule has 1 unspecified atom stereocenters. The van der Waals surface area contributed by atoms with Crippen LogP contribution in [0, 0.1) is 5.92 Å². The van der Waals surface area contributed by atoms with E-state index in [2.05, 4.69) is 190 Å². The first-order valence-corrected chi connectivity index (χ1v) is 17.8. The molecular weight excluding hydrogens is 605 g/mol. The van der Waals surface area contributed by atoms with Gasteiger partial charge in [-0.2, -0.15) is 0 Å². The second-order valence-corrected chi connectivity index (χ2v) is 14.0. The molecule has 2 aliphatic rings. The molecule has 2 nitrogen and oxygen atoms in total. The third kappa shape index (κ3) is 4.85. The topological polar surface area (TPSA) is 8.17 Å². The highest BCUT2D eigenvalue weighted by atomic mass is 15.2. The third-order valence-corrected chi connectivity index (χ3v) is 11.0. The van der Waals surface area contributed by atoms with Crippen LogP contribution in [0.3, 0.4) is 0 Å². The van der Waals surface area contributed by atoms with E-state index >= 15 is 0 Å². The van der Waals surface area contributed by atoms with Gasteiger partial charge in [0.2, 0.25) is 0 Å². The van der Waals surface area contributed by atoms with Gasteiger partial charge in [0.15, 0.2) is 0 Å². The molecule has 1 atom stereocenters. The minimum atomic E-state index is -0.0305. The summed E-state index contributed by atoms with van der Waals surface area (Å²) in [6.07, 6.45) is 13.0. The fraction of sp³-hybridized carbons (Fsp3) is 0.167. The van der Waals surface area contributed by atoms with Crippen molar-refractivity contribution >= 4 is 27.5 Å². The molecule has 0 spiro atoms. The Kier molecular flexibility index (Phi) is 7.84. The quantitative estimate of drug-likeness (QED) is 0.156. The number of para-hydroxylation sites is 1. The predicted octanol–water partition coefficient (Wildman–Crippen LogP) is 12.7. The summed E-state index contributed by atoms with van der Waals surface area (Å²) in [4.78, 5) is 2.41. The van der Waals surface area contributed by atoms with Crippen LogP contribution in [-0.4, -0.2) is 11.1 Å². The van der Waals surface area contributed by atoms with Crippen LogP contribution in [0.2, 0.25) is 0 Å². The Hall–Kier alpha value is -5.60. The Morgan fingerprint density at radius 3 is 2.06 bits per heavy atom. The lowest BCUT2D eigenvalue weighted by atomic mass is 9.82. The van der Waals surface area contributed by atoms with Crippen LogP contribution in [0.4, 0.5) is 5.69 Å². The zero-order chi connectivity index (χ0) is 34.6. The van der Waals surface area contributed by atoms with Gasteiger partial charge in [-0.1, -0.05) is 118 Å². The molecule has 0 fully saturated rings. The van der Waals surface area contributed by atoms with Crippen LogP contribution in [0.15, 0.2) is 169 Å². The van der Waals surface area contributed by atoms with E-state index in [1.54, 1.807) is 0 Å².